The quantitative estimate of drug-likeness (QED) is 0.601. The van der Waals surface area contributed by atoms with Crippen LogP contribution in [0.1, 0.15) is 25.7 Å². The van der Waals surface area contributed by atoms with E-state index in [1.165, 1.54) is 0 Å². The molecular formula is C10H19N3O3. The Bertz CT molecular complexity index is 258. The first-order chi connectivity index (χ1) is 7.63. The van der Waals surface area contributed by atoms with Crippen molar-refractivity contribution < 1.29 is 14.7 Å². The van der Waals surface area contributed by atoms with Crippen molar-refractivity contribution in [3.05, 3.63) is 0 Å². The number of hydrogen-bond donors (Lipinski definition) is 3. The normalized spacial score (nSPS) is 21.7. The van der Waals surface area contributed by atoms with Gasteiger partial charge in [0, 0.05) is 19.0 Å². The number of aliphatic hydroxyl groups excluding tert-OH is 1. The first kappa shape index (κ1) is 12.9. The zero-order valence-corrected chi connectivity index (χ0v) is 9.32. The van der Waals surface area contributed by atoms with Gasteiger partial charge >= 0.3 is 6.03 Å². The van der Waals surface area contributed by atoms with Gasteiger partial charge in [-0.3, -0.25) is 15.0 Å². The second-order valence-electron chi connectivity index (χ2n) is 4.03. The van der Waals surface area contributed by atoms with Crippen LogP contribution in [-0.2, 0) is 4.79 Å². The molecule has 1 rings (SSSR count). The fourth-order valence-electron chi connectivity index (χ4n) is 2.01. The van der Waals surface area contributed by atoms with Gasteiger partial charge in [0.25, 0.3) is 0 Å². The largest absolute Gasteiger partial charge is 0.395 e. The molecule has 1 aliphatic heterocycles. The molecule has 0 aromatic heterocycles. The molecule has 1 heterocycles. The Morgan fingerprint density at radius 2 is 2.19 bits per heavy atom. The van der Waals surface area contributed by atoms with Gasteiger partial charge in [-0.05, 0) is 19.4 Å². The van der Waals surface area contributed by atoms with Crippen LogP contribution in [0.3, 0.4) is 0 Å². The molecule has 0 spiro atoms. The molecule has 1 saturated heterocycles. The summed E-state index contributed by atoms with van der Waals surface area (Å²) in [7, 11) is 0. The predicted molar refractivity (Wildman–Crippen MR) is 58.6 cm³/mol. The summed E-state index contributed by atoms with van der Waals surface area (Å²) in [4.78, 5) is 23.7. The summed E-state index contributed by atoms with van der Waals surface area (Å²) in [6, 6.07) is -0.669. The summed E-state index contributed by atoms with van der Waals surface area (Å²) in [5.74, 6) is -0.366. The molecule has 0 aromatic rings. The standard InChI is InChI=1S/C10H19N3O3/c11-10(16)12-9(15)4-6-13-5-2-1-3-8(13)7-14/h8,14H,1-7H2,(H3,11,12,15,16). The third-order valence-corrected chi connectivity index (χ3v) is 2.85. The molecule has 0 saturated carbocycles. The van der Waals surface area contributed by atoms with Crippen molar-refractivity contribution in [2.24, 2.45) is 5.73 Å². The number of carbonyl (C=O) groups excluding carboxylic acids is 2. The van der Waals surface area contributed by atoms with E-state index < -0.39 is 6.03 Å². The lowest BCUT2D eigenvalue weighted by atomic mass is 10.0. The van der Waals surface area contributed by atoms with Gasteiger partial charge in [0.2, 0.25) is 5.91 Å². The highest BCUT2D eigenvalue weighted by atomic mass is 16.3. The van der Waals surface area contributed by atoms with Crippen molar-refractivity contribution in [1.82, 2.24) is 10.2 Å². The van der Waals surface area contributed by atoms with E-state index in [0.29, 0.717) is 6.54 Å². The number of nitrogens with two attached hydrogens (primary N) is 1. The number of aliphatic hydroxyl groups is 1. The van der Waals surface area contributed by atoms with E-state index in [-0.39, 0.29) is 25.0 Å². The van der Waals surface area contributed by atoms with Gasteiger partial charge in [0.1, 0.15) is 0 Å². The average molecular weight is 229 g/mol. The molecule has 0 aliphatic carbocycles. The number of nitrogens with zero attached hydrogens (tertiary/aromatic N) is 1. The lowest BCUT2D eigenvalue weighted by molar-refractivity contribution is -0.120. The summed E-state index contributed by atoms with van der Waals surface area (Å²) in [6.45, 7) is 1.58. The lowest BCUT2D eigenvalue weighted by Crippen LogP contribution is -2.44. The number of hydrogen-bond acceptors (Lipinski definition) is 4. The van der Waals surface area contributed by atoms with E-state index in [9.17, 15) is 9.59 Å². The van der Waals surface area contributed by atoms with Gasteiger partial charge in [0.15, 0.2) is 0 Å². The van der Waals surface area contributed by atoms with Crippen LogP contribution in [0.15, 0.2) is 0 Å². The summed E-state index contributed by atoms with van der Waals surface area (Å²) in [6.07, 6.45) is 3.41. The van der Waals surface area contributed by atoms with Crippen molar-refractivity contribution in [3.63, 3.8) is 0 Å². The van der Waals surface area contributed by atoms with Crippen LogP contribution < -0.4 is 11.1 Å². The van der Waals surface area contributed by atoms with Crippen LogP contribution in [-0.4, -0.2) is 47.7 Å². The maximum Gasteiger partial charge on any atom is 0.318 e. The lowest BCUT2D eigenvalue weighted by Gasteiger charge is -2.34. The van der Waals surface area contributed by atoms with E-state index in [1.807, 2.05) is 5.32 Å². The number of likely N-dealkylation sites (tertiary alicyclic amines) is 1. The Hall–Kier alpha value is -1.14. The molecule has 0 radical (unpaired) electrons. The average Bonchev–Trinajstić information content (AvgIpc) is 2.26. The number of rotatable bonds is 4. The summed E-state index contributed by atoms with van der Waals surface area (Å²) in [5.41, 5.74) is 4.83. The van der Waals surface area contributed by atoms with E-state index in [1.54, 1.807) is 0 Å². The Kier molecular flexibility index (Phi) is 5.21. The molecule has 1 aliphatic rings. The highest BCUT2D eigenvalue weighted by Gasteiger charge is 2.21. The van der Waals surface area contributed by atoms with Crippen LogP contribution in [0.5, 0.6) is 0 Å². The molecule has 0 bridgehead atoms. The number of primary amides is 1. The number of amides is 3. The molecule has 1 unspecified atom stereocenters. The Balaban J connectivity index is 2.29. The van der Waals surface area contributed by atoms with Crippen LogP contribution in [0, 0.1) is 0 Å². The molecule has 6 heteroatoms. The second kappa shape index (κ2) is 6.44. The fraction of sp³-hybridized carbons (Fsp3) is 0.800. The Morgan fingerprint density at radius 1 is 1.44 bits per heavy atom. The molecule has 92 valence electrons. The topological polar surface area (TPSA) is 95.7 Å². The van der Waals surface area contributed by atoms with Gasteiger partial charge < -0.3 is 10.8 Å². The van der Waals surface area contributed by atoms with Crippen molar-refractivity contribution in [3.8, 4) is 0 Å². The van der Waals surface area contributed by atoms with Crippen molar-refractivity contribution >= 4 is 11.9 Å². The monoisotopic (exact) mass is 229 g/mol. The van der Waals surface area contributed by atoms with Crippen LogP contribution in [0.4, 0.5) is 4.79 Å². The number of imide groups is 1. The molecule has 4 N–H and O–H groups in total. The van der Waals surface area contributed by atoms with Gasteiger partial charge in [-0.2, -0.15) is 0 Å². The molecular weight excluding hydrogens is 210 g/mol. The minimum absolute atomic E-state index is 0.122. The molecule has 3 amide bonds. The smallest absolute Gasteiger partial charge is 0.318 e. The van der Waals surface area contributed by atoms with Crippen LogP contribution in [0.25, 0.3) is 0 Å². The summed E-state index contributed by atoms with van der Waals surface area (Å²) >= 11 is 0. The molecule has 6 nitrogen and oxygen atoms in total. The summed E-state index contributed by atoms with van der Waals surface area (Å²) in [5, 5.41) is 11.2. The molecule has 1 fully saturated rings. The Labute approximate surface area is 94.8 Å². The number of urea groups is 1. The van der Waals surface area contributed by atoms with E-state index in [0.717, 1.165) is 25.8 Å². The second-order valence-corrected chi connectivity index (χ2v) is 4.03. The molecule has 1 atom stereocenters. The van der Waals surface area contributed by atoms with Crippen LogP contribution >= 0.6 is 0 Å². The first-order valence-corrected chi connectivity index (χ1v) is 5.57. The zero-order chi connectivity index (χ0) is 12.0. The maximum absolute atomic E-state index is 11.2. The van der Waals surface area contributed by atoms with E-state index in [2.05, 4.69) is 4.90 Å². The van der Waals surface area contributed by atoms with E-state index in [4.69, 9.17) is 10.8 Å². The third kappa shape index (κ3) is 4.16. The number of nitrogens with one attached hydrogen (secondary N) is 1. The third-order valence-electron chi connectivity index (χ3n) is 2.85. The van der Waals surface area contributed by atoms with Gasteiger partial charge in [-0.15, -0.1) is 0 Å². The van der Waals surface area contributed by atoms with Gasteiger partial charge in [-0.25, -0.2) is 4.79 Å². The van der Waals surface area contributed by atoms with Crippen molar-refractivity contribution in [1.29, 1.82) is 0 Å². The highest BCUT2D eigenvalue weighted by Crippen LogP contribution is 2.16. The van der Waals surface area contributed by atoms with E-state index >= 15 is 0 Å². The number of carbonyl (C=O) groups is 2. The van der Waals surface area contributed by atoms with Crippen molar-refractivity contribution in [2.45, 2.75) is 31.7 Å². The SMILES string of the molecule is NC(=O)NC(=O)CCN1CCCCC1CO. The van der Waals surface area contributed by atoms with Crippen molar-refractivity contribution in [2.75, 3.05) is 19.7 Å². The maximum atomic E-state index is 11.2. The summed E-state index contributed by atoms with van der Waals surface area (Å²) < 4.78 is 0. The first-order valence-electron chi connectivity index (χ1n) is 5.57. The fourth-order valence-corrected chi connectivity index (χ4v) is 2.01. The minimum Gasteiger partial charge on any atom is -0.395 e. The molecule has 0 aromatic carbocycles. The van der Waals surface area contributed by atoms with Gasteiger partial charge in [-0.1, -0.05) is 6.42 Å². The Morgan fingerprint density at radius 3 is 2.81 bits per heavy atom. The van der Waals surface area contributed by atoms with Crippen LogP contribution in [0.2, 0.25) is 0 Å². The predicted octanol–water partition coefficient (Wildman–Crippen LogP) is -0.582. The minimum atomic E-state index is -0.817. The molecule has 16 heavy (non-hydrogen) atoms. The van der Waals surface area contributed by atoms with Gasteiger partial charge in [0.05, 0.1) is 6.61 Å². The highest BCUT2D eigenvalue weighted by molar-refractivity contribution is 5.93. The zero-order valence-electron chi connectivity index (χ0n) is 9.32. The number of piperidine rings is 1.